The molecule has 0 aliphatic carbocycles. The van der Waals surface area contributed by atoms with E-state index in [-0.39, 0.29) is 17.3 Å². The summed E-state index contributed by atoms with van der Waals surface area (Å²) in [6, 6.07) is 10.3. The Morgan fingerprint density at radius 2 is 1.78 bits per heavy atom. The number of aliphatic hydroxyl groups excluding tert-OH is 1. The van der Waals surface area contributed by atoms with Gasteiger partial charge in [-0.25, -0.2) is 0 Å². The van der Waals surface area contributed by atoms with E-state index in [1.54, 1.807) is 19.1 Å². The normalized spacial score (nSPS) is 17.4. The third-order valence-corrected chi connectivity index (χ3v) is 6.95. The highest BCUT2D eigenvalue weighted by Crippen LogP contribution is 2.41. The highest BCUT2D eigenvalue weighted by molar-refractivity contribution is 6.46. The van der Waals surface area contributed by atoms with E-state index in [9.17, 15) is 14.7 Å². The summed E-state index contributed by atoms with van der Waals surface area (Å²) in [7, 11) is 3.19. The summed E-state index contributed by atoms with van der Waals surface area (Å²) in [4.78, 5) is 30.5. The molecule has 0 spiro atoms. The quantitative estimate of drug-likeness (QED) is 0.288. The van der Waals surface area contributed by atoms with Crippen molar-refractivity contribution in [3.63, 3.8) is 0 Å². The van der Waals surface area contributed by atoms with Crippen molar-refractivity contribution in [1.29, 1.82) is 0 Å². The Balaban J connectivity index is 2.21. The number of ether oxygens (including phenoxy) is 2. The molecule has 7 heteroatoms. The van der Waals surface area contributed by atoms with Gasteiger partial charge in [0, 0.05) is 18.7 Å². The molecule has 0 bridgehead atoms. The zero-order valence-electron chi connectivity index (χ0n) is 22.4. The fraction of sp³-hybridized carbons (Fsp3) is 0.448. The standard InChI is InChI=1S/C29H38N2O5/c1-8-30(9-2)13-14-31-26(20-11-10-12-21(16-20)35-6)25(28(33)29(31)34)27(32)23-17-22(18(3)4)24(36-7)15-19(23)5/h10-12,15-18,26,32H,8-9,13-14H2,1-7H3/b27-25+. The first-order valence-corrected chi connectivity index (χ1v) is 12.5. The molecule has 1 atom stereocenters. The van der Waals surface area contributed by atoms with Crippen molar-refractivity contribution in [1.82, 2.24) is 9.80 Å². The van der Waals surface area contributed by atoms with Crippen LogP contribution < -0.4 is 9.47 Å². The molecule has 2 aromatic carbocycles. The molecule has 1 N–H and O–H groups in total. The van der Waals surface area contributed by atoms with Crippen LogP contribution in [0.3, 0.4) is 0 Å². The minimum absolute atomic E-state index is 0.0933. The van der Waals surface area contributed by atoms with Crippen molar-refractivity contribution < 1.29 is 24.2 Å². The number of ketones is 1. The zero-order chi connectivity index (χ0) is 26.6. The number of likely N-dealkylation sites (tertiary alicyclic amines) is 1. The van der Waals surface area contributed by atoms with Gasteiger partial charge in [0.05, 0.1) is 25.8 Å². The Kier molecular flexibility index (Phi) is 8.79. The second kappa shape index (κ2) is 11.6. The van der Waals surface area contributed by atoms with Gasteiger partial charge in [-0.2, -0.15) is 0 Å². The van der Waals surface area contributed by atoms with Crippen molar-refractivity contribution in [2.24, 2.45) is 0 Å². The molecule has 1 aliphatic heterocycles. The number of rotatable bonds is 10. The number of amides is 1. The maximum atomic E-state index is 13.4. The first-order chi connectivity index (χ1) is 17.2. The maximum Gasteiger partial charge on any atom is 0.295 e. The lowest BCUT2D eigenvalue weighted by Crippen LogP contribution is -2.38. The lowest BCUT2D eigenvalue weighted by atomic mass is 9.91. The molecule has 36 heavy (non-hydrogen) atoms. The van der Waals surface area contributed by atoms with Crippen molar-refractivity contribution in [2.75, 3.05) is 40.4 Å². The fourth-order valence-electron chi connectivity index (χ4n) is 4.78. The summed E-state index contributed by atoms with van der Waals surface area (Å²) in [5, 5.41) is 11.6. The number of methoxy groups -OCH3 is 2. The molecular formula is C29H38N2O5. The number of aliphatic hydroxyl groups is 1. The molecule has 3 rings (SSSR count). The summed E-state index contributed by atoms with van der Waals surface area (Å²) >= 11 is 0. The molecule has 0 radical (unpaired) electrons. The number of carbonyl (C=O) groups excluding carboxylic acids is 2. The van der Waals surface area contributed by atoms with Gasteiger partial charge < -0.3 is 24.4 Å². The van der Waals surface area contributed by atoms with Crippen molar-refractivity contribution in [3.05, 3.63) is 64.2 Å². The lowest BCUT2D eigenvalue weighted by Gasteiger charge is -2.28. The van der Waals surface area contributed by atoms with Crippen LogP contribution in [-0.2, 0) is 9.59 Å². The highest BCUT2D eigenvalue weighted by Gasteiger charge is 2.46. The van der Waals surface area contributed by atoms with E-state index in [0.29, 0.717) is 30.0 Å². The average molecular weight is 495 g/mol. The van der Waals surface area contributed by atoms with Gasteiger partial charge in [-0.05, 0) is 66.9 Å². The predicted octanol–water partition coefficient (Wildman–Crippen LogP) is 4.90. The van der Waals surface area contributed by atoms with Crippen molar-refractivity contribution >= 4 is 17.4 Å². The Morgan fingerprint density at radius 3 is 2.36 bits per heavy atom. The average Bonchev–Trinajstić information content (AvgIpc) is 3.13. The van der Waals surface area contributed by atoms with Gasteiger partial charge in [0.15, 0.2) is 0 Å². The minimum Gasteiger partial charge on any atom is -0.507 e. The van der Waals surface area contributed by atoms with Gasteiger partial charge in [-0.1, -0.05) is 39.8 Å². The molecule has 1 aliphatic rings. The molecule has 7 nitrogen and oxygen atoms in total. The molecule has 1 saturated heterocycles. The summed E-state index contributed by atoms with van der Waals surface area (Å²) in [6.45, 7) is 12.7. The Hall–Kier alpha value is -3.32. The Labute approximate surface area is 214 Å². The molecule has 0 saturated carbocycles. The molecule has 1 heterocycles. The van der Waals surface area contributed by atoms with Gasteiger partial charge >= 0.3 is 0 Å². The first-order valence-electron chi connectivity index (χ1n) is 12.5. The van der Waals surface area contributed by atoms with Crippen LogP contribution in [0.25, 0.3) is 5.76 Å². The van der Waals surface area contributed by atoms with Crippen LogP contribution in [0.1, 0.15) is 61.9 Å². The van der Waals surface area contributed by atoms with Crippen molar-refractivity contribution in [3.8, 4) is 11.5 Å². The monoisotopic (exact) mass is 494 g/mol. The summed E-state index contributed by atoms with van der Waals surface area (Å²) in [5.74, 6) is 0.0203. The Bertz CT molecular complexity index is 1150. The molecule has 2 aromatic rings. The summed E-state index contributed by atoms with van der Waals surface area (Å²) in [5.41, 5.74) is 3.00. The van der Waals surface area contributed by atoms with E-state index < -0.39 is 17.7 Å². The number of hydrogen-bond acceptors (Lipinski definition) is 6. The van der Waals surface area contributed by atoms with Crippen LogP contribution in [0.15, 0.2) is 42.0 Å². The van der Waals surface area contributed by atoms with Gasteiger partial charge in [0.1, 0.15) is 17.3 Å². The molecule has 1 unspecified atom stereocenters. The summed E-state index contributed by atoms with van der Waals surface area (Å²) in [6.07, 6.45) is 0. The van der Waals surface area contributed by atoms with E-state index in [1.165, 1.54) is 0 Å². The molecule has 0 aromatic heterocycles. The minimum atomic E-state index is -0.723. The van der Waals surface area contributed by atoms with E-state index in [1.807, 2.05) is 57.2 Å². The van der Waals surface area contributed by atoms with Crippen LogP contribution in [-0.4, -0.2) is 67.0 Å². The molecular weight excluding hydrogens is 456 g/mol. The highest BCUT2D eigenvalue weighted by atomic mass is 16.5. The van der Waals surface area contributed by atoms with E-state index in [4.69, 9.17) is 9.47 Å². The van der Waals surface area contributed by atoms with Gasteiger partial charge in [0.25, 0.3) is 11.7 Å². The third-order valence-electron chi connectivity index (χ3n) is 6.95. The van der Waals surface area contributed by atoms with Gasteiger partial charge in [-0.3, -0.25) is 9.59 Å². The third kappa shape index (κ3) is 5.26. The largest absolute Gasteiger partial charge is 0.507 e. The number of likely N-dealkylation sites (N-methyl/N-ethyl adjacent to an activating group) is 1. The molecule has 1 fully saturated rings. The molecule has 1 amide bonds. The second-order valence-corrected chi connectivity index (χ2v) is 9.36. The van der Waals surface area contributed by atoms with Crippen LogP contribution >= 0.6 is 0 Å². The predicted molar refractivity (Wildman–Crippen MR) is 142 cm³/mol. The number of Topliss-reactive ketones (excluding diaryl/α,β-unsaturated/α-hetero) is 1. The number of carbonyl (C=O) groups is 2. The SMILES string of the molecule is CCN(CC)CCN1C(=O)C(=O)/C(=C(/O)c2cc(C(C)C)c(OC)cc2C)C1c1cccc(OC)c1. The van der Waals surface area contributed by atoms with Crippen LogP contribution in [0, 0.1) is 6.92 Å². The van der Waals surface area contributed by atoms with E-state index >= 15 is 0 Å². The Morgan fingerprint density at radius 1 is 1.08 bits per heavy atom. The number of aryl methyl sites for hydroxylation is 1. The lowest BCUT2D eigenvalue weighted by molar-refractivity contribution is -0.140. The number of nitrogens with zero attached hydrogens (tertiary/aromatic N) is 2. The second-order valence-electron chi connectivity index (χ2n) is 9.36. The number of hydrogen-bond donors (Lipinski definition) is 1. The van der Waals surface area contributed by atoms with Crippen LogP contribution in [0.5, 0.6) is 11.5 Å². The smallest absolute Gasteiger partial charge is 0.295 e. The van der Waals surface area contributed by atoms with Crippen molar-refractivity contribution in [2.45, 2.75) is 46.6 Å². The number of benzene rings is 2. The zero-order valence-corrected chi connectivity index (χ0v) is 22.4. The van der Waals surface area contributed by atoms with E-state index in [0.717, 1.165) is 30.0 Å². The van der Waals surface area contributed by atoms with Crippen LogP contribution in [0.2, 0.25) is 0 Å². The van der Waals surface area contributed by atoms with Gasteiger partial charge in [0.2, 0.25) is 0 Å². The molecule has 194 valence electrons. The topological polar surface area (TPSA) is 79.3 Å². The summed E-state index contributed by atoms with van der Waals surface area (Å²) < 4.78 is 11.0. The van der Waals surface area contributed by atoms with Crippen LogP contribution in [0.4, 0.5) is 0 Å². The fourth-order valence-corrected chi connectivity index (χ4v) is 4.78. The maximum absolute atomic E-state index is 13.4. The van der Waals surface area contributed by atoms with E-state index in [2.05, 4.69) is 18.7 Å². The van der Waals surface area contributed by atoms with Gasteiger partial charge in [-0.15, -0.1) is 0 Å². The first kappa shape index (κ1) is 27.3.